The van der Waals surface area contributed by atoms with Crippen molar-refractivity contribution in [1.29, 1.82) is 0 Å². The van der Waals surface area contributed by atoms with E-state index in [0.29, 0.717) is 0 Å². The van der Waals surface area contributed by atoms with Crippen LogP contribution >= 0.6 is 23.2 Å². The van der Waals surface area contributed by atoms with Crippen LogP contribution in [0.2, 0.25) is 10.0 Å². The SMILES string of the molecule is C[C@H](NC(=O)COC(=O)c1c(Cl)cccc1Cl)c1cccc2ccccc12. The lowest BCUT2D eigenvalue weighted by molar-refractivity contribution is -0.124. The Bertz CT molecular complexity index is 978. The molecule has 1 amide bonds. The molecule has 1 N–H and O–H groups in total. The van der Waals surface area contributed by atoms with Crippen LogP contribution in [0.4, 0.5) is 0 Å². The smallest absolute Gasteiger partial charge is 0.341 e. The van der Waals surface area contributed by atoms with E-state index in [-0.39, 0.29) is 21.7 Å². The molecule has 138 valence electrons. The van der Waals surface area contributed by atoms with Crippen molar-refractivity contribution < 1.29 is 14.3 Å². The summed E-state index contributed by atoms with van der Waals surface area (Å²) in [6.07, 6.45) is 0. The minimum atomic E-state index is -0.737. The van der Waals surface area contributed by atoms with Crippen molar-refractivity contribution in [3.63, 3.8) is 0 Å². The summed E-state index contributed by atoms with van der Waals surface area (Å²) in [5.74, 6) is -1.15. The first-order chi connectivity index (χ1) is 13.0. The standard InChI is InChI=1S/C21H17Cl2NO3/c1-13(15-9-4-7-14-6-2-3-8-16(14)15)24-19(25)12-27-21(26)20-17(22)10-5-11-18(20)23/h2-11,13H,12H2,1H3,(H,24,25)/t13-/m0/s1. The van der Waals surface area contributed by atoms with Crippen molar-refractivity contribution in [2.45, 2.75) is 13.0 Å². The highest BCUT2D eigenvalue weighted by atomic mass is 35.5. The number of hydrogen-bond donors (Lipinski definition) is 1. The molecule has 6 heteroatoms. The Hall–Kier alpha value is -2.56. The number of rotatable bonds is 5. The predicted molar refractivity (Wildman–Crippen MR) is 107 cm³/mol. The molecule has 0 radical (unpaired) electrons. The van der Waals surface area contributed by atoms with Crippen LogP contribution in [0, 0.1) is 0 Å². The van der Waals surface area contributed by atoms with Gasteiger partial charge in [0.05, 0.1) is 21.7 Å². The first-order valence-electron chi connectivity index (χ1n) is 8.35. The Balaban J connectivity index is 1.64. The van der Waals surface area contributed by atoms with E-state index in [9.17, 15) is 9.59 Å². The fraction of sp³-hybridized carbons (Fsp3) is 0.143. The van der Waals surface area contributed by atoms with Crippen molar-refractivity contribution in [3.05, 3.63) is 81.8 Å². The molecule has 3 rings (SSSR count). The lowest BCUT2D eigenvalue weighted by atomic mass is 10.00. The van der Waals surface area contributed by atoms with Crippen molar-refractivity contribution in [1.82, 2.24) is 5.32 Å². The van der Waals surface area contributed by atoms with Gasteiger partial charge in [0.1, 0.15) is 0 Å². The second-order valence-electron chi connectivity index (χ2n) is 6.03. The molecule has 0 spiro atoms. The summed E-state index contributed by atoms with van der Waals surface area (Å²) < 4.78 is 5.06. The van der Waals surface area contributed by atoms with Crippen molar-refractivity contribution >= 4 is 45.9 Å². The molecule has 3 aromatic carbocycles. The highest BCUT2D eigenvalue weighted by Crippen LogP contribution is 2.25. The zero-order chi connectivity index (χ0) is 19.4. The normalized spacial score (nSPS) is 11.8. The van der Waals surface area contributed by atoms with E-state index in [1.165, 1.54) is 12.1 Å². The summed E-state index contributed by atoms with van der Waals surface area (Å²) in [7, 11) is 0. The van der Waals surface area contributed by atoms with Crippen molar-refractivity contribution in [2.75, 3.05) is 6.61 Å². The Labute approximate surface area is 167 Å². The Morgan fingerprint density at radius 3 is 2.33 bits per heavy atom. The van der Waals surface area contributed by atoms with Gasteiger partial charge in [0, 0.05) is 0 Å². The highest BCUT2D eigenvalue weighted by Gasteiger charge is 2.18. The zero-order valence-electron chi connectivity index (χ0n) is 14.5. The van der Waals surface area contributed by atoms with Gasteiger partial charge in [-0.15, -0.1) is 0 Å². The van der Waals surface area contributed by atoms with Crippen LogP contribution in [0.3, 0.4) is 0 Å². The molecule has 0 unspecified atom stereocenters. The summed E-state index contributed by atoms with van der Waals surface area (Å²) >= 11 is 11.9. The number of hydrogen-bond acceptors (Lipinski definition) is 3. The van der Waals surface area contributed by atoms with E-state index in [1.54, 1.807) is 6.07 Å². The number of esters is 1. The predicted octanol–water partition coefficient (Wildman–Crippen LogP) is 5.18. The van der Waals surface area contributed by atoms with Gasteiger partial charge >= 0.3 is 5.97 Å². The van der Waals surface area contributed by atoms with Gasteiger partial charge in [-0.2, -0.15) is 0 Å². The molecule has 4 nitrogen and oxygen atoms in total. The lowest BCUT2D eigenvalue weighted by Crippen LogP contribution is -2.31. The fourth-order valence-electron chi connectivity index (χ4n) is 2.89. The van der Waals surface area contributed by atoms with Crippen LogP contribution in [0.1, 0.15) is 28.9 Å². The third-order valence-electron chi connectivity index (χ3n) is 4.17. The first-order valence-corrected chi connectivity index (χ1v) is 9.11. The maximum Gasteiger partial charge on any atom is 0.341 e. The molecule has 3 aromatic rings. The molecule has 0 aromatic heterocycles. The number of carbonyl (C=O) groups is 2. The summed E-state index contributed by atoms with van der Waals surface area (Å²) in [6, 6.07) is 18.3. The van der Waals surface area contributed by atoms with E-state index in [4.69, 9.17) is 27.9 Å². The average molecular weight is 402 g/mol. The molecule has 27 heavy (non-hydrogen) atoms. The van der Waals surface area contributed by atoms with Gasteiger partial charge in [-0.1, -0.05) is 71.7 Å². The molecule has 0 aliphatic carbocycles. The van der Waals surface area contributed by atoms with Gasteiger partial charge in [-0.05, 0) is 35.4 Å². The number of amides is 1. The minimum absolute atomic E-state index is 0.0516. The maximum absolute atomic E-state index is 12.2. The van der Waals surface area contributed by atoms with Crippen LogP contribution in [0.5, 0.6) is 0 Å². The van der Waals surface area contributed by atoms with Crippen LogP contribution in [-0.2, 0) is 9.53 Å². The maximum atomic E-state index is 12.2. The van der Waals surface area contributed by atoms with Crippen LogP contribution in [0.15, 0.2) is 60.7 Å². The minimum Gasteiger partial charge on any atom is -0.452 e. The third kappa shape index (κ3) is 4.41. The van der Waals surface area contributed by atoms with Gasteiger partial charge < -0.3 is 10.1 Å². The number of nitrogens with one attached hydrogen (secondary N) is 1. The zero-order valence-corrected chi connectivity index (χ0v) is 16.1. The number of carbonyl (C=O) groups excluding carboxylic acids is 2. The molecule has 1 atom stereocenters. The lowest BCUT2D eigenvalue weighted by Gasteiger charge is -2.17. The number of ether oxygens (including phenoxy) is 1. The number of fused-ring (bicyclic) bond motifs is 1. The monoisotopic (exact) mass is 401 g/mol. The summed E-state index contributed by atoms with van der Waals surface area (Å²) in [6.45, 7) is 1.46. The van der Waals surface area contributed by atoms with Gasteiger partial charge in [0.25, 0.3) is 5.91 Å². The molecule has 0 aliphatic rings. The summed E-state index contributed by atoms with van der Waals surface area (Å²) in [5, 5.41) is 5.35. The largest absolute Gasteiger partial charge is 0.452 e. The number of benzene rings is 3. The molecule has 0 heterocycles. The van der Waals surface area contributed by atoms with E-state index >= 15 is 0 Å². The summed E-state index contributed by atoms with van der Waals surface area (Å²) in [5.41, 5.74) is 1.04. The van der Waals surface area contributed by atoms with Gasteiger partial charge in [-0.3, -0.25) is 4.79 Å². The Kier molecular flexibility index (Phi) is 5.99. The third-order valence-corrected chi connectivity index (χ3v) is 4.80. The molecule has 0 bridgehead atoms. The molecular formula is C21H17Cl2NO3. The molecule has 0 saturated carbocycles. The number of halogens is 2. The Morgan fingerprint density at radius 1 is 0.963 bits per heavy atom. The highest BCUT2D eigenvalue weighted by molar-refractivity contribution is 6.39. The molecular weight excluding hydrogens is 385 g/mol. The van der Waals surface area contributed by atoms with E-state index < -0.39 is 18.5 Å². The molecule has 0 aliphatic heterocycles. The Morgan fingerprint density at radius 2 is 1.59 bits per heavy atom. The van der Waals surface area contributed by atoms with Gasteiger partial charge in [0.15, 0.2) is 6.61 Å². The fourth-order valence-corrected chi connectivity index (χ4v) is 3.44. The van der Waals surface area contributed by atoms with E-state index in [1.807, 2.05) is 49.4 Å². The first kappa shape index (κ1) is 19.2. The van der Waals surface area contributed by atoms with Gasteiger partial charge in [-0.25, -0.2) is 4.79 Å². The topological polar surface area (TPSA) is 55.4 Å². The second kappa shape index (κ2) is 8.42. The quantitative estimate of drug-likeness (QED) is 0.599. The van der Waals surface area contributed by atoms with Crippen LogP contribution < -0.4 is 5.32 Å². The van der Waals surface area contributed by atoms with Crippen LogP contribution in [0.25, 0.3) is 10.8 Å². The van der Waals surface area contributed by atoms with Gasteiger partial charge in [0.2, 0.25) is 0 Å². The molecule has 0 saturated heterocycles. The second-order valence-corrected chi connectivity index (χ2v) is 6.84. The van der Waals surface area contributed by atoms with E-state index in [2.05, 4.69) is 5.32 Å². The van der Waals surface area contributed by atoms with E-state index in [0.717, 1.165) is 16.3 Å². The average Bonchev–Trinajstić information content (AvgIpc) is 2.65. The summed E-state index contributed by atoms with van der Waals surface area (Å²) in [4.78, 5) is 24.4. The van der Waals surface area contributed by atoms with Crippen LogP contribution in [-0.4, -0.2) is 18.5 Å². The molecule has 0 fully saturated rings. The van der Waals surface area contributed by atoms with Crippen molar-refractivity contribution in [2.24, 2.45) is 0 Å². The van der Waals surface area contributed by atoms with Crippen molar-refractivity contribution in [3.8, 4) is 0 Å².